The predicted molar refractivity (Wildman–Crippen MR) is 224 cm³/mol. The van der Waals surface area contributed by atoms with E-state index in [1.54, 1.807) is 0 Å². The Bertz CT molecular complexity index is 2160. The number of hydrogen-bond donors (Lipinski definition) is 0. The van der Waals surface area contributed by atoms with Gasteiger partial charge in [0.2, 0.25) is 0 Å². The summed E-state index contributed by atoms with van der Waals surface area (Å²) in [6.45, 7) is 9.32. The van der Waals surface area contributed by atoms with Gasteiger partial charge < -0.3 is 14.5 Å². The molecular formula is C47H51BN2OS. The number of rotatable bonds is 14. The average Bonchev–Trinajstić information content (AvgIpc) is 3.17. The largest absolute Gasteiger partial charge is 0.458 e. The van der Waals surface area contributed by atoms with Gasteiger partial charge >= 0.3 is 0 Å². The maximum atomic E-state index is 7.21. The van der Waals surface area contributed by atoms with E-state index in [1.807, 2.05) is 11.8 Å². The molecule has 0 radical (unpaired) electrons. The summed E-state index contributed by atoms with van der Waals surface area (Å²) in [4.78, 5) is 8.04. The number of ether oxygens (including phenoxy) is 1. The molecule has 3 nitrogen and oxygen atoms in total. The molecule has 0 aromatic heterocycles. The molecule has 0 saturated heterocycles. The number of benzene rings is 5. The topological polar surface area (TPSA) is 15.7 Å². The summed E-state index contributed by atoms with van der Waals surface area (Å²) in [5.74, 6) is 2.10. The summed E-state index contributed by atoms with van der Waals surface area (Å²) in [5, 5.41) is 0. The molecule has 0 amide bonds. The standard InChI is InChI=1S/C47H51BN2OS/c1-5-9-13-18-33-26-37-43-40(29-33)51-41-28-32(17-11-7-3)27-38-44(41)48(43)45-39(49(37)35-24-22-31(23-25-35)16-10-6-2)30-34(19-12-8-4)47-46(45)50(38)36-20-14-15-21-42(36)52-47/h14-15,20-30H,5-13,16-19H2,1-4H3. The highest BCUT2D eigenvalue weighted by atomic mass is 32.2. The smallest absolute Gasteiger partial charge is 0.261 e. The number of hydrogen-bond acceptors (Lipinski definition) is 4. The van der Waals surface area contributed by atoms with Crippen molar-refractivity contribution in [3.05, 3.63) is 101 Å². The van der Waals surface area contributed by atoms with Gasteiger partial charge in [-0.1, -0.05) is 95.8 Å². The van der Waals surface area contributed by atoms with Crippen LogP contribution in [0.1, 0.15) is 108 Å². The van der Waals surface area contributed by atoms with Gasteiger partial charge in [-0.25, -0.2) is 0 Å². The quantitative estimate of drug-likeness (QED) is 0.0828. The number of nitrogens with zero attached hydrogens (tertiary/aromatic N) is 2. The minimum Gasteiger partial charge on any atom is -0.458 e. The Kier molecular flexibility index (Phi) is 9.11. The van der Waals surface area contributed by atoms with Gasteiger partial charge in [-0.15, -0.1) is 0 Å². The predicted octanol–water partition coefficient (Wildman–Crippen LogP) is 12.1. The molecule has 9 rings (SSSR count). The van der Waals surface area contributed by atoms with Gasteiger partial charge in [-0.3, -0.25) is 0 Å². The molecule has 0 unspecified atom stereocenters. The van der Waals surface area contributed by atoms with Gasteiger partial charge in [0.05, 0.1) is 11.4 Å². The minimum atomic E-state index is 0.125. The average molecular weight is 703 g/mol. The van der Waals surface area contributed by atoms with Gasteiger partial charge in [0, 0.05) is 32.5 Å². The van der Waals surface area contributed by atoms with Gasteiger partial charge in [0.15, 0.2) is 0 Å². The van der Waals surface area contributed by atoms with E-state index in [4.69, 9.17) is 4.74 Å². The lowest BCUT2D eigenvalue weighted by Gasteiger charge is -2.49. The molecule has 0 bridgehead atoms. The van der Waals surface area contributed by atoms with Crippen molar-refractivity contribution in [1.82, 2.24) is 0 Å². The third-order valence-electron chi connectivity index (χ3n) is 11.8. The van der Waals surface area contributed by atoms with Crippen LogP contribution in [0.4, 0.5) is 34.1 Å². The van der Waals surface area contributed by atoms with Gasteiger partial charge in [-0.2, -0.15) is 0 Å². The monoisotopic (exact) mass is 702 g/mol. The first-order valence-corrected chi connectivity index (χ1v) is 21.1. The molecule has 5 aromatic carbocycles. The van der Waals surface area contributed by atoms with Crippen LogP contribution in [0.3, 0.4) is 0 Å². The second-order valence-electron chi connectivity index (χ2n) is 15.4. The van der Waals surface area contributed by atoms with E-state index < -0.39 is 0 Å². The first-order valence-electron chi connectivity index (χ1n) is 20.3. The van der Waals surface area contributed by atoms with Crippen LogP contribution in [0.15, 0.2) is 88.7 Å². The first-order chi connectivity index (χ1) is 25.6. The van der Waals surface area contributed by atoms with E-state index in [2.05, 4.69) is 116 Å². The molecule has 5 aromatic rings. The highest BCUT2D eigenvalue weighted by molar-refractivity contribution is 7.99. The Hall–Kier alpha value is -4.09. The zero-order valence-electron chi connectivity index (χ0n) is 31.5. The number of unbranched alkanes of at least 4 members (excludes halogenated alkanes) is 5. The normalized spacial score (nSPS) is 14.0. The Labute approximate surface area is 315 Å². The minimum absolute atomic E-state index is 0.125. The fourth-order valence-corrected chi connectivity index (χ4v) is 10.3. The van der Waals surface area contributed by atoms with Gasteiger partial charge in [0.1, 0.15) is 11.5 Å². The molecule has 0 spiro atoms. The Morgan fingerprint density at radius 1 is 0.538 bits per heavy atom. The van der Waals surface area contributed by atoms with Crippen molar-refractivity contribution in [2.75, 3.05) is 9.80 Å². The molecule has 0 aliphatic carbocycles. The van der Waals surface area contributed by atoms with Crippen LogP contribution >= 0.6 is 11.8 Å². The van der Waals surface area contributed by atoms with Crippen molar-refractivity contribution in [2.24, 2.45) is 0 Å². The maximum Gasteiger partial charge on any atom is 0.261 e. The SMILES string of the molecule is CCCCCc1cc2c3c(c1)N(c1ccc(CCCC)cc1)c1cc(CCCC)c4c5c1B3c1c(cc(CCCC)cc1N5c1ccccc1S4)O2. The molecule has 4 aliphatic heterocycles. The van der Waals surface area contributed by atoms with Crippen molar-refractivity contribution < 1.29 is 4.74 Å². The molecule has 52 heavy (non-hydrogen) atoms. The summed E-state index contributed by atoms with van der Waals surface area (Å²) < 4.78 is 7.21. The lowest BCUT2D eigenvalue weighted by atomic mass is 9.32. The van der Waals surface area contributed by atoms with Crippen molar-refractivity contribution in [2.45, 2.75) is 121 Å². The molecule has 4 heterocycles. The van der Waals surface area contributed by atoms with Crippen molar-refractivity contribution in [1.29, 1.82) is 0 Å². The molecule has 4 aliphatic rings. The van der Waals surface area contributed by atoms with E-state index in [9.17, 15) is 0 Å². The number of aryl methyl sites for hydroxylation is 4. The number of fused-ring (bicyclic) bond motifs is 3. The highest BCUT2D eigenvalue weighted by Gasteiger charge is 2.51. The molecule has 0 N–H and O–H groups in total. The third-order valence-corrected chi connectivity index (χ3v) is 13.0. The van der Waals surface area contributed by atoms with Crippen LogP contribution in [0, 0.1) is 0 Å². The van der Waals surface area contributed by atoms with Crippen molar-refractivity contribution >= 4 is 69.0 Å². The number of anilines is 6. The second-order valence-corrected chi connectivity index (χ2v) is 16.5. The van der Waals surface area contributed by atoms with E-state index in [0.717, 1.165) is 37.2 Å². The zero-order valence-corrected chi connectivity index (χ0v) is 32.3. The Morgan fingerprint density at radius 2 is 1.13 bits per heavy atom. The van der Waals surface area contributed by atoms with Crippen molar-refractivity contribution in [3.8, 4) is 11.5 Å². The van der Waals surface area contributed by atoms with Crippen LogP contribution in [-0.4, -0.2) is 6.71 Å². The Balaban J connectivity index is 1.35. The summed E-state index contributed by atoms with van der Waals surface area (Å²) in [6.07, 6.45) is 15.2. The second kappa shape index (κ2) is 14.0. The summed E-state index contributed by atoms with van der Waals surface area (Å²) in [5.41, 5.74) is 17.7. The van der Waals surface area contributed by atoms with Crippen LogP contribution < -0.4 is 30.9 Å². The summed E-state index contributed by atoms with van der Waals surface area (Å²) in [6, 6.07) is 31.0. The van der Waals surface area contributed by atoms with Crippen molar-refractivity contribution in [3.63, 3.8) is 0 Å². The summed E-state index contributed by atoms with van der Waals surface area (Å²) in [7, 11) is 0. The first kappa shape index (κ1) is 33.7. The third kappa shape index (κ3) is 5.49. The lowest BCUT2D eigenvalue weighted by Crippen LogP contribution is -2.63. The molecule has 264 valence electrons. The van der Waals surface area contributed by atoms with Crippen LogP contribution in [-0.2, 0) is 25.7 Å². The van der Waals surface area contributed by atoms with Crippen LogP contribution in [0.5, 0.6) is 11.5 Å². The fraction of sp³-hybridized carbons (Fsp3) is 0.362. The molecule has 0 fully saturated rings. The maximum absolute atomic E-state index is 7.21. The van der Waals surface area contributed by atoms with Gasteiger partial charge in [-0.05, 0) is 145 Å². The van der Waals surface area contributed by atoms with E-state index in [1.165, 1.54) is 140 Å². The van der Waals surface area contributed by atoms with E-state index >= 15 is 0 Å². The highest BCUT2D eigenvalue weighted by Crippen LogP contribution is 2.57. The lowest BCUT2D eigenvalue weighted by molar-refractivity contribution is 0.485. The molecular weight excluding hydrogens is 651 g/mol. The molecule has 0 saturated carbocycles. The number of para-hydroxylation sites is 1. The van der Waals surface area contributed by atoms with E-state index in [-0.39, 0.29) is 6.71 Å². The molecule has 5 heteroatoms. The van der Waals surface area contributed by atoms with E-state index in [0.29, 0.717) is 0 Å². The summed E-state index contributed by atoms with van der Waals surface area (Å²) >= 11 is 1.99. The Morgan fingerprint density at radius 3 is 1.83 bits per heavy atom. The van der Waals surface area contributed by atoms with Crippen LogP contribution in [0.2, 0.25) is 0 Å². The van der Waals surface area contributed by atoms with Gasteiger partial charge in [0.25, 0.3) is 6.71 Å². The zero-order chi connectivity index (χ0) is 35.3. The fourth-order valence-electron chi connectivity index (χ4n) is 9.13. The molecule has 0 atom stereocenters. The van der Waals surface area contributed by atoms with Crippen LogP contribution in [0.25, 0.3) is 0 Å².